The summed E-state index contributed by atoms with van der Waals surface area (Å²) in [6, 6.07) is 0.180. The molecule has 1 aliphatic rings. The topological polar surface area (TPSA) is 12.5 Å². The van der Waals surface area contributed by atoms with Crippen molar-refractivity contribution >= 4 is 18.2 Å². The Morgan fingerprint density at radius 3 is 2.91 bits per heavy atom. The van der Waals surface area contributed by atoms with Gasteiger partial charge in [-0.1, -0.05) is 17.7 Å². The van der Waals surface area contributed by atoms with E-state index in [2.05, 4.69) is 5.92 Å². The highest BCUT2D eigenvalue weighted by atomic mass is 32.4. The SMILES string of the molecule is C#CC1CCOP(C)(=S)N1C. The van der Waals surface area contributed by atoms with Crippen LogP contribution in [0, 0.1) is 12.3 Å². The summed E-state index contributed by atoms with van der Waals surface area (Å²) in [4.78, 5) is 0. The molecule has 0 bridgehead atoms. The van der Waals surface area contributed by atoms with E-state index in [9.17, 15) is 0 Å². The first kappa shape index (κ1) is 9.22. The van der Waals surface area contributed by atoms with Crippen molar-refractivity contribution in [3.63, 3.8) is 0 Å². The molecule has 1 fully saturated rings. The average molecular weight is 189 g/mol. The van der Waals surface area contributed by atoms with Gasteiger partial charge in [0, 0.05) is 6.66 Å². The van der Waals surface area contributed by atoms with Crippen LogP contribution in [0.15, 0.2) is 0 Å². The number of hydrogen-bond donors (Lipinski definition) is 0. The molecule has 0 spiro atoms. The molecule has 0 aromatic heterocycles. The molecule has 11 heavy (non-hydrogen) atoms. The molecule has 62 valence electrons. The molecule has 0 N–H and O–H groups in total. The second-order valence-corrected chi connectivity index (χ2v) is 7.21. The lowest BCUT2D eigenvalue weighted by Gasteiger charge is -2.37. The summed E-state index contributed by atoms with van der Waals surface area (Å²) in [5, 5.41) is 0. The fourth-order valence-electron chi connectivity index (χ4n) is 1.06. The third-order valence-electron chi connectivity index (χ3n) is 1.94. The van der Waals surface area contributed by atoms with Crippen molar-refractivity contribution in [1.29, 1.82) is 0 Å². The zero-order valence-electron chi connectivity index (χ0n) is 6.78. The Kier molecular flexibility index (Phi) is 2.72. The van der Waals surface area contributed by atoms with Crippen LogP contribution in [0.3, 0.4) is 0 Å². The molecule has 0 radical (unpaired) electrons. The quantitative estimate of drug-likeness (QED) is 0.421. The zero-order valence-corrected chi connectivity index (χ0v) is 8.49. The maximum Gasteiger partial charge on any atom is 0.129 e. The van der Waals surface area contributed by atoms with E-state index in [0.29, 0.717) is 6.61 Å². The van der Waals surface area contributed by atoms with Crippen LogP contribution in [0.2, 0.25) is 0 Å². The molecule has 1 heterocycles. The van der Waals surface area contributed by atoms with Crippen molar-refractivity contribution in [2.24, 2.45) is 0 Å². The summed E-state index contributed by atoms with van der Waals surface area (Å²) in [5.41, 5.74) is 0. The lowest BCUT2D eigenvalue weighted by molar-refractivity contribution is 0.235. The van der Waals surface area contributed by atoms with Crippen molar-refractivity contribution in [3.8, 4) is 12.3 Å². The van der Waals surface area contributed by atoms with Crippen LogP contribution >= 0.6 is 6.42 Å². The molecule has 0 aliphatic carbocycles. The third kappa shape index (κ3) is 1.83. The smallest absolute Gasteiger partial charge is 0.129 e. The Bertz CT molecular complexity index is 235. The predicted molar refractivity (Wildman–Crippen MR) is 51.2 cm³/mol. The van der Waals surface area contributed by atoms with Gasteiger partial charge >= 0.3 is 0 Å². The molecule has 0 amide bonds. The second-order valence-electron chi connectivity index (χ2n) is 2.68. The van der Waals surface area contributed by atoms with E-state index in [1.54, 1.807) is 0 Å². The monoisotopic (exact) mass is 189 g/mol. The van der Waals surface area contributed by atoms with Gasteiger partial charge in [-0.05, 0) is 13.5 Å². The van der Waals surface area contributed by atoms with E-state index in [-0.39, 0.29) is 6.04 Å². The summed E-state index contributed by atoms with van der Waals surface area (Å²) in [6.07, 6.45) is 4.51. The van der Waals surface area contributed by atoms with Crippen LogP contribution in [-0.4, -0.2) is 31.0 Å². The molecule has 2 atom stereocenters. The molecule has 0 saturated carbocycles. The minimum atomic E-state index is -1.73. The highest BCUT2D eigenvalue weighted by Crippen LogP contribution is 2.50. The largest absolute Gasteiger partial charge is 0.338 e. The lowest BCUT2D eigenvalue weighted by Crippen LogP contribution is -2.33. The number of nitrogens with zero attached hydrogens (tertiary/aromatic N) is 1. The van der Waals surface area contributed by atoms with Crippen molar-refractivity contribution in [1.82, 2.24) is 4.67 Å². The minimum Gasteiger partial charge on any atom is -0.338 e. The van der Waals surface area contributed by atoms with Gasteiger partial charge in [0.05, 0.1) is 12.6 Å². The van der Waals surface area contributed by atoms with Crippen molar-refractivity contribution < 1.29 is 4.52 Å². The molecule has 0 aromatic carbocycles. The Hall–Kier alpha value is 0.130. The molecule has 4 heteroatoms. The van der Waals surface area contributed by atoms with E-state index in [1.165, 1.54) is 0 Å². The van der Waals surface area contributed by atoms with Gasteiger partial charge < -0.3 is 4.52 Å². The van der Waals surface area contributed by atoms with Crippen LogP contribution in [-0.2, 0) is 16.3 Å². The summed E-state index contributed by atoms with van der Waals surface area (Å²) in [7, 11) is 1.95. The van der Waals surface area contributed by atoms with Gasteiger partial charge in [0.2, 0.25) is 0 Å². The standard InChI is InChI=1S/C7H12NOPS/c1-4-7-5-6-9-10(3,11)8(7)2/h1,7H,5-6H2,2-3H3. The van der Waals surface area contributed by atoms with Crippen LogP contribution in [0.4, 0.5) is 0 Å². The van der Waals surface area contributed by atoms with Crippen LogP contribution in [0.5, 0.6) is 0 Å². The first-order chi connectivity index (χ1) is 5.08. The Morgan fingerprint density at radius 1 is 1.82 bits per heavy atom. The first-order valence-corrected chi connectivity index (χ1v) is 6.61. The van der Waals surface area contributed by atoms with Gasteiger partial charge in [-0.3, -0.25) is 0 Å². The fourth-order valence-corrected chi connectivity index (χ4v) is 2.94. The molecule has 2 unspecified atom stereocenters. The lowest BCUT2D eigenvalue weighted by atomic mass is 10.2. The summed E-state index contributed by atoms with van der Waals surface area (Å²) in [5.74, 6) is 2.72. The highest BCUT2D eigenvalue weighted by molar-refractivity contribution is 8.10. The first-order valence-electron chi connectivity index (χ1n) is 3.49. The minimum absolute atomic E-state index is 0.180. The van der Waals surface area contributed by atoms with Crippen LogP contribution in [0.25, 0.3) is 0 Å². The zero-order chi connectivity index (χ0) is 8.48. The average Bonchev–Trinajstić information content (AvgIpc) is 1.95. The van der Waals surface area contributed by atoms with Gasteiger partial charge in [0.15, 0.2) is 0 Å². The number of rotatable bonds is 0. The summed E-state index contributed by atoms with van der Waals surface area (Å²) in [6.45, 7) is 2.68. The van der Waals surface area contributed by atoms with E-state index >= 15 is 0 Å². The molecule has 2 nitrogen and oxygen atoms in total. The Balaban J connectivity index is 2.78. The number of hydrogen-bond acceptors (Lipinski definition) is 2. The molecule has 1 rings (SSSR count). The Morgan fingerprint density at radius 2 is 2.45 bits per heavy atom. The van der Waals surface area contributed by atoms with Gasteiger partial charge in [0.1, 0.15) is 6.42 Å². The fraction of sp³-hybridized carbons (Fsp3) is 0.714. The van der Waals surface area contributed by atoms with Crippen molar-refractivity contribution in [3.05, 3.63) is 0 Å². The molecule has 0 aromatic rings. The van der Waals surface area contributed by atoms with Gasteiger partial charge in [-0.2, -0.15) is 0 Å². The van der Waals surface area contributed by atoms with E-state index in [0.717, 1.165) is 6.42 Å². The van der Waals surface area contributed by atoms with Gasteiger partial charge in [-0.25, -0.2) is 4.67 Å². The maximum absolute atomic E-state index is 5.47. The normalized spacial score (nSPS) is 39.9. The van der Waals surface area contributed by atoms with Gasteiger partial charge in [-0.15, -0.1) is 6.42 Å². The predicted octanol–water partition coefficient (Wildman–Crippen LogP) is 1.28. The van der Waals surface area contributed by atoms with Crippen molar-refractivity contribution in [2.75, 3.05) is 20.3 Å². The maximum atomic E-state index is 5.47. The Labute approximate surface area is 73.1 Å². The van der Waals surface area contributed by atoms with E-state index < -0.39 is 6.42 Å². The van der Waals surface area contributed by atoms with E-state index in [4.69, 9.17) is 22.8 Å². The van der Waals surface area contributed by atoms with E-state index in [1.807, 2.05) is 18.4 Å². The molecular weight excluding hydrogens is 177 g/mol. The molecular formula is C7H12NOPS. The third-order valence-corrected chi connectivity index (χ3v) is 5.11. The molecule has 1 saturated heterocycles. The van der Waals surface area contributed by atoms with Crippen LogP contribution < -0.4 is 0 Å². The second kappa shape index (κ2) is 3.25. The highest BCUT2D eigenvalue weighted by Gasteiger charge is 2.28. The summed E-state index contributed by atoms with van der Waals surface area (Å²) >= 11 is 5.28. The number of terminal acetylenes is 1. The summed E-state index contributed by atoms with van der Waals surface area (Å²) < 4.78 is 7.49. The van der Waals surface area contributed by atoms with Gasteiger partial charge in [0.25, 0.3) is 0 Å². The van der Waals surface area contributed by atoms with Crippen LogP contribution in [0.1, 0.15) is 6.42 Å². The van der Waals surface area contributed by atoms with Crippen molar-refractivity contribution in [2.45, 2.75) is 12.5 Å². The molecule has 1 aliphatic heterocycles.